The van der Waals surface area contributed by atoms with Crippen LogP contribution in [-0.4, -0.2) is 15.4 Å². The van der Waals surface area contributed by atoms with Crippen LogP contribution in [0.25, 0.3) is 0 Å². The summed E-state index contributed by atoms with van der Waals surface area (Å²) in [6, 6.07) is 3.77. The Bertz CT molecular complexity index is 303. The van der Waals surface area contributed by atoms with Gasteiger partial charge in [-0.05, 0) is 6.07 Å². The van der Waals surface area contributed by atoms with Gasteiger partial charge in [-0.25, -0.2) is 0 Å². The van der Waals surface area contributed by atoms with Crippen molar-refractivity contribution in [1.29, 1.82) is 5.26 Å². The van der Waals surface area contributed by atoms with E-state index < -0.39 is 0 Å². The molecule has 0 spiro atoms. The standard InChI is InChI=1S/C8H9N3S/c1-6(2)12-8-3-7(4-9)5-10-11-8/h3,5-6H,1-2H3. The summed E-state index contributed by atoms with van der Waals surface area (Å²) in [7, 11) is 0. The number of hydrogen-bond donors (Lipinski definition) is 0. The maximum Gasteiger partial charge on any atom is 0.120 e. The summed E-state index contributed by atoms with van der Waals surface area (Å²) in [6.07, 6.45) is 1.46. The average Bonchev–Trinajstić information content (AvgIpc) is 2.03. The van der Waals surface area contributed by atoms with Crippen LogP contribution in [0, 0.1) is 11.3 Å². The van der Waals surface area contributed by atoms with E-state index in [1.165, 1.54) is 6.20 Å². The lowest BCUT2D eigenvalue weighted by Gasteiger charge is -2.01. The highest BCUT2D eigenvalue weighted by molar-refractivity contribution is 7.99. The molecule has 0 unspecified atom stereocenters. The van der Waals surface area contributed by atoms with Crippen LogP contribution in [0.2, 0.25) is 0 Å². The van der Waals surface area contributed by atoms with Crippen molar-refractivity contribution in [1.82, 2.24) is 10.2 Å². The largest absolute Gasteiger partial charge is 0.192 e. The number of thioether (sulfide) groups is 1. The van der Waals surface area contributed by atoms with Gasteiger partial charge in [-0.3, -0.25) is 0 Å². The van der Waals surface area contributed by atoms with Crippen molar-refractivity contribution in [3.63, 3.8) is 0 Å². The van der Waals surface area contributed by atoms with E-state index in [9.17, 15) is 0 Å². The smallest absolute Gasteiger partial charge is 0.120 e. The number of hydrogen-bond acceptors (Lipinski definition) is 4. The maximum atomic E-state index is 8.57. The Morgan fingerprint density at radius 2 is 2.33 bits per heavy atom. The van der Waals surface area contributed by atoms with Gasteiger partial charge in [0.1, 0.15) is 11.1 Å². The van der Waals surface area contributed by atoms with Gasteiger partial charge in [0.05, 0.1) is 11.8 Å². The molecule has 0 aliphatic heterocycles. The predicted octanol–water partition coefficient (Wildman–Crippen LogP) is 1.85. The summed E-state index contributed by atoms with van der Waals surface area (Å²) in [6.45, 7) is 4.15. The Hall–Kier alpha value is -1.08. The van der Waals surface area contributed by atoms with Gasteiger partial charge in [0.25, 0.3) is 0 Å². The molecule has 0 aliphatic carbocycles. The minimum absolute atomic E-state index is 0.466. The molecule has 0 aliphatic rings. The van der Waals surface area contributed by atoms with E-state index in [-0.39, 0.29) is 0 Å². The zero-order valence-electron chi connectivity index (χ0n) is 6.98. The highest BCUT2D eigenvalue weighted by Gasteiger charge is 2.01. The predicted molar refractivity (Wildman–Crippen MR) is 47.7 cm³/mol. The minimum atomic E-state index is 0.466. The van der Waals surface area contributed by atoms with E-state index in [0.717, 1.165) is 5.03 Å². The van der Waals surface area contributed by atoms with Crippen LogP contribution >= 0.6 is 11.8 Å². The van der Waals surface area contributed by atoms with Gasteiger partial charge >= 0.3 is 0 Å². The van der Waals surface area contributed by atoms with E-state index in [0.29, 0.717) is 10.8 Å². The van der Waals surface area contributed by atoms with E-state index in [4.69, 9.17) is 5.26 Å². The lowest BCUT2D eigenvalue weighted by atomic mass is 10.3. The van der Waals surface area contributed by atoms with Crippen molar-refractivity contribution in [3.8, 4) is 6.07 Å². The van der Waals surface area contributed by atoms with Crippen molar-refractivity contribution in [2.45, 2.75) is 24.1 Å². The van der Waals surface area contributed by atoms with Crippen molar-refractivity contribution in [2.75, 3.05) is 0 Å². The third-order valence-corrected chi connectivity index (χ3v) is 2.03. The van der Waals surface area contributed by atoms with Crippen molar-refractivity contribution >= 4 is 11.8 Å². The van der Waals surface area contributed by atoms with Crippen LogP contribution < -0.4 is 0 Å². The van der Waals surface area contributed by atoms with Crippen LogP contribution in [0.5, 0.6) is 0 Å². The Labute approximate surface area is 75.8 Å². The first-order chi connectivity index (χ1) is 5.72. The molecular weight excluding hydrogens is 170 g/mol. The van der Waals surface area contributed by atoms with E-state index in [2.05, 4.69) is 24.0 Å². The summed E-state index contributed by atoms with van der Waals surface area (Å²) in [4.78, 5) is 0. The first-order valence-corrected chi connectivity index (χ1v) is 4.50. The molecule has 1 aromatic rings. The molecule has 1 aromatic heterocycles. The topological polar surface area (TPSA) is 49.6 Å². The number of rotatable bonds is 2. The average molecular weight is 179 g/mol. The molecule has 3 nitrogen and oxygen atoms in total. The van der Waals surface area contributed by atoms with Crippen LogP contribution in [-0.2, 0) is 0 Å². The Morgan fingerprint density at radius 1 is 1.58 bits per heavy atom. The molecule has 62 valence electrons. The second-order valence-electron chi connectivity index (χ2n) is 2.56. The molecule has 0 bridgehead atoms. The fourth-order valence-corrected chi connectivity index (χ4v) is 1.48. The first kappa shape index (κ1) is 9.01. The van der Waals surface area contributed by atoms with Crippen LogP contribution in [0.1, 0.15) is 19.4 Å². The third-order valence-electron chi connectivity index (χ3n) is 1.12. The highest BCUT2D eigenvalue weighted by Crippen LogP contribution is 2.19. The third kappa shape index (κ3) is 2.51. The molecule has 0 radical (unpaired) electrons. The molecule has 0 saturated carbocycles. The molecule has 0 atom stereocenters. The fourth-order valence-electron chi connectivity index (χ4n) is 0.707. The van der Waals surface area contributed by atoms with Crippen molar-refractivity contribution < 1.29 is 0 Å². The van der Waals surface area contributed by atoms with E-state index >= 15 is 0 Å². The normalized spacial score (nSPS) is 9.83. The maximum absolute atomic E-state index is 8.57. The Kier molecular flexibility index (Phi) is 3.06. The SMILES string of the molecule is CC(C)Sc1cc(C#N)cnn1. The minimum Gasteiger partial charge on any atom is -0.192 e. The quantitative estimate of drug-likeness (QED) is 0.650. The van der Waals surface area contributed by atoms with Crippen molar-refractivity contribution in [3.05, 3.63) is 17.8 Å². The van der Waals surface area contributed by atoms with Crippen LogP contribution in [0.4, 0.5) is 0 Å². The summed E-state index contributed by atoms with van der Waals surface area (Å²) in [5, 5.41) is 17.4. The van der Waals surface area contributed by atoms with Gasteiger partial charge in [-0.1, -0.05) is 13.8 Å². The summed E-state index contributed by atoms with van der Waals surface area (Å²) in [5.74, 6) is 0. The second-order valence-corrected chi connectivity index (χ2v) is 4.16. The van der Waals surface area contributed by atoms with E-state index in [1.807, 2.05) is 6.07 Å². The number of nitrogens with zero attached hydrogens (tertiary/aromatic N) is 3. The van der Waals surface area contributed by atoms with Gasteiger partial charge < -0.3 is 0 Å². The summed E-state index contributed by atoms with van der Waals surface area (Å²) in [5.41, 5.74) is 0.563. The van der Waals surface area contributed by atoms with Crippen LogP contribution in [0.3, 0.4) is 0 Å². The van der Waals surface area contributed by atoms with Crippen LogP contribution in [0.15, 0.2) is 17.3 Å². The summed E-state index contributed by atoms with van der Waals surface area (Å²) >= 11 is 1.60. The van der Waals surface area contributed by atoms with Gasteiger partial charge in [0, 0.05) is 5.25 Å². The second kappa shape index (κ2) is 4.07. The summed E-state index contributed by atoms with van der Waals surface area (Å²) < 4.78 is 0. The molecule has 0 fully saturated rings. The Balaban J connectivity index is 2.81. The Morgan fingerprint density at radius 3 is 2.92 bits per heavy atom. The lowest BCUT2D eigenvalue weighted by Crippen LogP contribution is -1.91. The molecule has 0 N–H and O–H groups in total. The molecule has 0 aromatic carbocycles. The monoisotopic (exact) mass is 179 g/mol. The number of aromatic nitrogens is 2. The molecule has 12 heavy (non-hydrogen) atoms. The van der Waals surface area contributed by atoms with Gasteiger partial charge in [-0.15, -0.1) is 16.9 Å². The molecule has 0 amide bonds. The molecule has 4 heteroatoms. The molecule has 0 saturated heterocycles. The molecular formula is C8H9N3S. The van der Waals surface area contributed by atoms with E-state index in [1.54, 1.807) is 17.8 Å². The molecule has 1 rings (SSSR count). The zero-order valence-corrected chi connectivity index (χ0v) is 7.80. The lowest BCUT2D eigenvalue weighted by molar-refractivity contribution is 0.918. The fraction of sp³-hybridized carbons (Fsp3) is 0.375. The van der Waals surface area contributed by atoms with Gasteiger partial charge in [-0.2, -0.15) is 10.4 Å². The highest BCUT2D eigenvalue weighted by atomic mass is 32.2. The van der Waals surface area contributed by atoms with Crippen molar-refractivity contribution in [2.24, 2.45) is 0 Å². The zero-order chi connectivity index (χ0) is 8.97. The number of nitriles is 1. The first-order valence-electron chi connectivity index (χ1n) is 3.62. The van der Waals surface area contributed by atoms with Gasteiger partial charge in [0.15, 0.2) is 0 Å². The van der Waals surface area contributed by atoms with Gasteiger partial charge in [0.2, 0.25) is 0 Å². The molecule has 1 heterocycles.